The number of rotatable bonds is 5. The maximum atomic E-state index is 12.5. The molecule has 0 bridgehead atoms. The number of fused-ring (bicyclic) bond motifs is 2. The fourth-order valence-corrected chi connectivity index (χ4v) is 3.17. The van der Waals surface area contributed by atoms with E-state index in [0.29, 0.717) is 23.4 Å². The molecule has 0 unspecified atom stereocenters. The maximum absolute atomic E-state index is 12.5. The van der Waals surface area contributed by atoms with Gasteiger partial charge in [0.15, 0.2) is 0 Å². The van der Waals surface area contributed by atoms with Gasteiger partial charge in [0.05, 0.1) is 28.3 Å². The first kappa shape index (κ1) is 17.0. The van der Waals surface area contributed by atoms with Crippen LogP contribution in [0.2, 0.25) is 0 Å². The maximum Gasteiger partial charge on any atom is 0.261 e. The number of amides is 1. The third-order valence-corrected chi connectivity index (χ3v) is 4.53. The van der Waals surface area contributed by atoms with Gasteiger partial charge in [0.25, 0.3) is 5.56 Å². The van der Waals surface area contributed by atoms with Gasteiger partial charge in [-0.25, -0.2) is 9.97 Å². The predicted molar refractivity (Wildman–Crippen MR) is 105 cm³/mol. The number of hydrogen-bond donors (Lipinski definition) is 1. The molecule has 0 aliphatic heterocycles. The molecule has 1 amide bonds. The second-order valence-corrected chi connectivity index (χ2v) is 6.23. The fourth-order valence-electron chi connectivity index (χ4n) is 3.17. The van der Waals surface area contributed by atoms with Crippen molar-refractivity contribution in [1.29, 1.82) is 0 Å². The van der Waals surface area contributed by atoms with Gasteiger partial charge in [-0.15, -0.1) is 0 Å². The molecule has 2 heterocycles. The van der Waals surface area contributed by atoms with Crippen molar-refractivity contribution < 1.29 is 4.79 Å². The van der Waals surface area contributed by atoms with E-state index in [-0.39, 0.29) is 24.4 Å². The number of carbonyl (C=O) groups excluding carboxylic acids is 1. The molecule has 27 heavy (non-hydrogen) atoms. The van der Waals surface area contributed by atoms with Gasteiger partial charge in [-0.05, 0) is 31.2 Å². The molecular formula is C20H19N5O2. The van der Waals surface area contributed by atoms with E-state index in [0.717, 1.165) is 11.0 Å². The Balaban J connectivity index is 1.51. The van der Waals surface area contributed by atoms with Crippen LogP contribution in [0, 0.1) is 0 Å². The summed E-state index contributed by atoms with van der Waals surface area (Å²) in [5, 5.41) is 3.40. The summed E-state index contributed by atoms with van der Waals surface area (Å²) in [4.78, 5) is 33.7. The molecule has 0 fully saturated rings. The molecule has 136 valence electrons. The van der Waals surface area contributed by atoms with E-state index >= 15 is 0 Å². The van der Waals surface area contributed by atoms with Crippen molar-refractivity contribution in [3.63, 3.8) is 0 Å². The number of carbonyl (C=O) groups is 1. The number of aromatic nitrogens is 4. The molecule has 0 saturated carbocycles. The van der Waals surface area contributed by atoms with Gasteiger partial charge in [0.1, 0.15) is 0 Å². The molecule has 0 radical (unpaired) electrons. The summed E-state index contributed by atoms with van der Waals surface area (Å²) in [6.07, 6.45) is 1.64. The third kappa shape index (κ3) is 3.19. The quantitative estimate of drug-likeness (QED) is 0.593. The van der Waals surface area contributed by atoms with Crippen LogP contribution >= 0.6 is 0 Å². The monoisotopic (exact) mass is 361 g/mol. The van der Waals surface area contributed by atoms with Gasteiger partial charge in [0.2, 0.25) is 11.9 Å². The van der Waals surface area contributed by atoms with Crippen LogP contribution in [0.25, 0.3) is 21.9 Å². The molecule has 7 heteroatoms. The molecule has 0 aliphatic carbocycles. The summed E-state index contributed by atoms with van der Waals surface area (Å²) in [5.41, 5.74) is 2.32. The Morgan fingerprint density at radius 3 is 2.63 bits per heavy atom. The number of para-hydroxylation sites is 3. The number of aryl methyl sites for hydroxylation is 2. The van der Waals surface area contributed by atoms with E-state index < -0.39 is 0 Å². The summed E-state index contributed by atoms with van der Waals surface area (Å²) in [6.45, 7) is 2.96. The molecule has 2 aromatic carbocycles. The van der Waals surface area contributed by atoms with E-state index in [1.165, 1.54) is 10.9 Å². The average Bonchev–Trinajstić information content (AvgIpc) is 3.04. The van der Waals surface area contributed by atoms with E-state index in [4.69, 9.17) is 0 Å². The minimum absolute atomic E-state index is 0.144. The van der Waals surface area contributed by atoms with Crippen LogP contribution in [-0.4, -0.2) is 25.0 Å². The molecule has 4 rings (SSSR count). The Morgan fingerprint density at radius 2 is 1.81 bits per heavy atom. The van der Waals surface area contributed by atoms with Crippen LogP contribution in [0.1, 0.15) is 13.3 Å². The van der Waals surface area contributed by atoms with Crippen molar-refractivity contribution in [2.24, 2.45) is 0 Å². The van der Waals surface area contributed by atoms with Crippen molar-refractivity contribution in [2.75, 3.05) is 5.32 Å². The highest BCUT2D eigenvalue weighted by atomic mass is 16.2. The van der Waals surface area contributed by atoms with Crippen molar-refractivity contribution in [2.45, 2.75) is 26.4 Å². The smallest absolute Gasteiger partial charge is 0.261 e. The number of nitrogens with zero attached hydrogens (tertiary/aromatic N) is 4. The zero-order valence-corrected chi connectivity index (χ0v) is 14.9. The molecule has 0 aliphatic rings. The molecule has 7 nitrogen and oxygen atoms in total. The van der Waals surface area contributed by atoms with Crippen molar-refractivity contribution in [3.8, 4) is 0 Å². The molecule has 0 saturated heterocycles. The summed E-state index contributed by atoms with van der Waals surface area (Å²) in [5.74, 6) is 0.327. The highest BCUT2D eigenvalue weighted by Crippen LogP contribution is 2.19. The minimum atomic E-state index is -0.194. The van der Waals surface area contributed by atoms with E-state index in [9.17, 15) is 9.59 Å². The summed E-state index contributed by atoms with van der Waals surface area (Å²) < 4.78 is 3.42. The Morgan fingerprint density at radius 1 is 1.07 bits per heavy atom. The lowest BCUT2D eigenvalue weighted by atomic mass is 10.2. The van der Waals surface area contributed by atoms with Gasteiger partial charge in [-0.2, -0.15) is 0 Å². The number of benzene rings is 2. The van der Waals surface area contributed by atoms with Crippen LogP contribution in [0.4, 0.5) is 5.95 Å². The normalized spacial score (nSPS) is 11.1. The first-order valence-corrected chi connectivity index (χ1v) is 8.86. The highest BCUT2D eigenvalue weighted by molar-refractivity contribution is 5.91. The van der Waals surface area contributed by atoms with E-state index in [1.807, 2.05) is 41.8 Å². The van der Waals surface area contributed by atoms with E-state index in [2.05, 4.69) is 15.3 Å². The standard InChI is InChI=1S/C20H19N5O2/c1-2-25-17-10-6-5-9-16(17)22-20(25)23-18(26)11-12-24-13-21-15-8-4-3-7-14(15)19(24)27/h3-10,13H,2,11-12H2,1H3,(H,22,23,26). The Bertz CT molecular complexity index is 1190. The molecule has 1 N–H and O–H groups in total. The van der Waals surface area contributed by atoms with Crippen molar-refractivity contribution in [1.82, 2.24) is 19.1 Å². The average molecular weight is 361 g/mol. The van der Waals surface area contributed by atoms with Gasteiger partial charge in [0, 0.05) is 19.5 Å². The Kier molecular flexibility index (Phi) is 4.42. The van der Waals surface area contributed by atoms with Gasteiger partial charge in [-0.1, -0.05) is 24.3 Å². The summed E-state index contributed by atoms with van der Waals surface area (Å²) in [7, 11) is 0. The largest absolute Gasteiger partial charge is 0.310 e. The second kappa shape index (κ2) is 7.03. The Hall–Kier alpha value is -3.48. The lowest BCUT2D eigenvalue weighted by molar-refractivity contribution is -0.116. The number of anilines is 1. The van der Waals surface area contributed by atoms with Crippen LogP contribution in [-0.2, 0) is 17.9 Å². The van der Waals surface area contributed by atoms with Gasteiger partial charge < -0.3 is 4.57 Å². The molecule has 4 aromatic rings. The molecule has 0 atom stereocenters. The lowest BCUT2D eigenvalue weighted by Crippen LogP contribution is -2.24. The van der Waals surface area contributed by atoms with Crippen molar-refractivity contribution in [3.05, 3.63) is 65.2 Å². The zero-order chi connectivity index (χ0) is 18.8. The highest BCUT2D eigenvalue weighted by Gasteiger charge is 2.12. The van der Waals surface area contributed by atoms with Gasteiger partial charge >= 0.3 is 0 Å². The topological polar surface area (TPSA) is 81.8 Å². The fraction of sp³-hybridized carbons (Fsp3) is 0.200. The van der Waals surface area contributed by atoms with Crippen LogP contribution in [0.15, 0.2) is 59.7 Å². The first-order valence-electron chi connectivity index (χ1n) is 8.86. The third-order valence-electron chi connectivity index (χ3n) is 4.53. The zero-order valence-electron chi connectivity index (χ0n) is 14.9. The van der Waals surface area contributed by atoms with Crippen LogP contribution < -0.4 is 10.9 Å². The van der Waals surface area contributed by atoms with Gasteiger partial charge in [-0.3, -0.25) is 19.5 Å². The van der Waals surface area contributed by atoms with E-state index in [1.54, 1.807) is 18.2 Å². The van der Waals surface area contributed by atoms with Crippen molar-refractivity contribution >= 4 is 33.8 Å². The first-order chi connectivity index (χ1) is 13.2. The Labute approximate surface area is 155 Å². The second-order valence-electron chi connectivity index (χ2n) is 6.23. The molecule has 2 aromatic heterocycles. The lowest BCUT2D eigenvalue weighted by Gasteiger charge is -2.09. The predicted octanol–water partition coefficient (Wildman–Crippen LogP) is 2.79. The number of imidazole rings is 1. The summed E-state index contributed by atoms with van der Waals surface area (Å²) >= 11 is 0. The van der Waals surface area contributed by atoms with Crippen LogP contribution in [0.3, 0.4) is 0 Å². The molecular weight excluding hydrogens is 342 g/mol. The van der Waals surface area contributed by atoms with Crippen LogP contribution in [0.5, 0.6) is 0 Å². The minimum Gasteiger partial charge on any atom is -0.310 e. The molecule has 0 spiro atoms. The number of hydrogen-bond acceptors (Lipinski definition) is 4. The number of nitrogens with one attached hydrogen (secondary N) is 1. The summed E-state index contributed by atoms with van der Waals surface area (Å²) in [6, 6.07) is 14.9. The SMILES string of the molecule is CCn1c(NC(=O)CCn2cnc3ccccc3c2=O)nc2ccccc21.